The Balaban J connectivity index is 3.11. The Morgan fingerprint density at radius 3 is 1.36 bits per heavy atom. The van der Waals surface area contributed by atoms with Crippen LogP contribution in [-0.2, 0) is 4.74 Å². The lowest BCUT2D eigenvalue weighted by molar-refractivity contribution is 0.0331. The normalized spacial score (nSPS) is 14.3. The van der Waals surface area contributed by atoms with Gasteiger partial charge in [0.05, 0.1) is 0 Å². The summed E-state index contributed by atoms with van der Waals surface area (Å²) in [5.41, 5.74) is 0. The Bertz CT molecular complexity index is 216. The number of hydrogen-bond acceptors (Lipinski definition) is 1. The molecule has 0 spiro atoms. The smallest absolute Gasteiger partial charge is 0.0458 e. The Hall–Kier alpha value is 0.177. The first-order valence-corrected chi connectivity index (χ1v) is 11.3. The van der Waals surface area contributed by atoms with Crippen molar-refractivity contribution in [3.05, 3.63) is 0 Å². The summed E-state index contributed by atoms with van der Waals surface area (Å²) >= 11 is 0. The Labute approximate surface area is 144 Å². The zero-order valence-corrected chi connectivity index (χ0v) is 18.2. The van der Waals surface area contributed by atoms with E-state index in [9.17, 15) is 0 Å². The monoisotopic (exact) mass is 328 g/mol. The molecule has 0 amide bonds. The van der Waals surface area contributed by atoms with Crippen molar-refractivity contribution in [2.75, 3.05) is 6.61 Å². The number of hydrogen-bond donors (Lipinski definition) is 0. The van der Waals surface area contributed by atoms with Crippen LogP contribution in [0.2, 0.25) is 0 Å². The summed E-state index contributed by atoms with van der Waals surface area (Å²) < 4.78 is 5.80. The molecule has 0 aromatic carbocycles. The molecule has 0 saturated heterocycles. The van der Waals surface area contributed by atoms with Crippen molar-refractivity contribution in [1.82, 2.24) is 0 Å². The van der Waals surface area contributed by atoms with Crippen LogP contribution in [0.5, 0.6) is 0 Å². The zero-order valence-electron chi connectivity index (χ0n) is 16.2. The summed E-state index contributed by atoms with van der Waals surface area (Å²) in [6.07, 6.45) is 21.4. The first-order chi connectivity index (χ1) is 10.6. The molecule has 0 fully saturated rings. The fourth-order valence-corrected chi connectivity index (χ4v) is 3.85. The van der Waals surface area contributed by atoms with Crippen LogP contribution in [-0.4, -0.2) is 22.1 Å². The fourth-order valence-electron chi connectivity index (χ4n) is 3.21. The number of unbranched alkanes of at least 4 members (excludes halogenated alkanes) is 13. The van der Waals surface area contributed by atoms with Crippen LogP contribution in [0.25, 0.3) is 0 Å². The van der Waals surface area contributed by atoms with Gasteiger partial charge < -0.3 is 4.74 Å². The van der Waals surface area contributed by atoms with Crippen LogP contribution >= 0.6 is 0 Å². The maximum absolute atomic E-state index is 5.80. The van der Waals surface area contributed by atoms with Crippen molar-refractivity contribution >= 4 is 10.2 Å². The van der Waals surface area contributed by atoms with Gasteiger partial charge in [0.1, 0.15) is 0 Å². The maximum Gasteiger partial charge on any atom is 0.0458 e. The molecule has 0 bridgehead atoms. The third kappa shape index (κ3) is 16.5. The Morgan fingerprint density at radius 2 is 1.00 bits per heavy atom. The van der Waals surface area contributed by atoms with E-state index in [0.717, 1.165) is 16.8 Å². The highest BCUT2D eigenvalue weighted by molar-refractivity contribution is 6.14. The van der Waals surface area contributed by atoms with Gasteiger partial charge >= 0.3 is 0 Å². The van der Waals surface area contributed by atoms with Crippen molar-refractivity contribution in [3.8, 4) is 0 Å². The molecule has 0 N–H and O–H groups in total. The average Bonchev–Trinajstić information content (AvgIpc) is 2.47. The topological polar surface area (TPSA) is 9.23 Å². The average molecular weight is 329 g/mol. The molecule has 1 atom stereocenters. The van der Waals surface area contributed by atoms with E-state index in [1.54, 1.807) is 0 Å². The lowest BCUT2D eigenvalue weighted by Gasteiger charge is -2.24. The van der Waals surface area contributed by atoms with Gasteiger partial charge in [0.2, 0.25) is 0 Å². The van der Waals surface area contributed by atoms with Gasteiger partial charge in [-0.15, -0.1) is 0 Å². The van der Waals surface area contributed by atoms with E-state index in [1.807, 2.05) is 0 Å². The molecule has 134 valence electrons. The highest BCUT2D eigenvalue weighted by Crippen LogP contribution is 2.17. The molecule has 0 saturated carbocycles. The molecule has 1 nitrogen and oxygen atoms in total. The molecule has 0 heterocycles. The first-order valence-electron chi connectivity index (χ1n) is 10.3. The summed E-state index contributed by atoms with van der Waals surface area (Å²) in [5.74, 6) is 0. The molecule has 0 radical (unpaired) electrons. The largest absolute Gasteiger partial charge is 0.380 e. The zero-order chi connectivity index (χ0) is 16.5. The molecule has 1 unspecified atom stereocenters. The second kappa shape index (κ2) is 16.0. The highest BCUT2D eigenvalue weighted by Gasteiger charge is 2.15. The van der Waals surface area contributed by atoms with Gasteiger partial charge in [-0.25, -0.2) is 0 Å². The van der Waals surface area contributed by atoms with E-state index in [1.165, 1.54) is 96.3 Å². The van der Waals surface area contributed by atoms with Crippen LogP contribution in [0.15, 0.2) is 0 Å². The van der Waals surface area contributed by atoms with Crippen LogP contribution < -0.4 is 0 Å². The van der Waals surface area contributed by atoms with E-state index < -0.39 is 0 Å². The first kappa shape index (κ1) is 22.2. The van der Waals surface area contributed by atoms with Crippen LogP contribution in [0.1, 0.15) is 117 Å². The lowest BCUT2D eigenvalue weighted by Crippen LogP contribution is -2.28. The van der Waals surface area contributed by atoms with Crippen LogP contribution in [0.4, 0.5) is 0 Å². The fraction of sp³-hybridized carbons (Fsp3) is 1.00. The molecule has 0 rings (SSSR count). The molecule has 0 aromatic rings. The second-order valence-electron chi connectivity index (χ2n) is 7.54. The van der Waals surface area contributed by atoms with Crippen molar-refractivity contribution < 1.29 is 4.74 Å². The second-order valence-corrected chi connectivity index (χ2v) is 9.65. The molecular weight excluding hydrogens is 284 g/mol. The molecule has 0 aliphatic rings. The van der Waals surface area contributed by atoms with Gasteiger partial charge in [-0.3, -0.25) is 0 Å². The van der Waals surface area contributed by atoms with Crippen LogP contribution in [0, 0.1) is 0 Å². The predicted molar refractivity (Wildman–Crippen MR) is 105 cm³/mol. The molecule has 0 aliphatic carbocycles. The van der Waals surface area contributed by atoms with Crippen molar-refractivity contribution in [1.29, 1.82) is 0 Å². The van der Waals surface area contributed by atoms with E-state index in [-0.39, 0.29) is 5.22 Å². The summed E-state index contributed by atoms with van der Waals surface area (Å²) in [5, 5.41) is 0.228. The quantitative estimate of drug-likeness (QED) is 0.236. The van der Waals surface area contributed by atoms with E-state index in [4.69, 9.17) is 4.74 Å². The SMILES string of the molecule is CCCCCCCCCCCCCCCCC(C)([SiH3])OCC. The lowest BCUT2D eigenvalue weighted by atomic mass is 10.0. The Kier molecular flexibility index (Phi) is 16.2. The highest BCUT2D eigenvalue weighted by atomic mass is 28.1. The third-order valence-electron chi connectivity index (χ3n) is 4.67. The van der Waals surface area contributed by atoms with Crippen LogP contribution in [0.3, 0.4) is 0 Å². The standard InChI is InChI=1S/C20H44OSi/c1-4-6-7-8-9-10-11-12-13-14-15-16-17-18-19-20(3,22)21-5-2/h4-19H2,1-3,22H3. The number of ether oxygens (including phenoxy) is 1. The summed E-state index contributed by atoms with van der Waals surface area (Å²) in [7, 11) is 1.16. The minimum Gasteiger partial charge on any atom is -0.380 e. The number of rotatable bonds is 17. The van der Waals surface area contributed by atoms with Gasteiger partial charge in [0, 0.05) is 22.1 Å². The summed E-state index contributed by atoms with van der Waals surface area (Å²) in [6.45, 7) is 7.56. The third-order valence-corrected chi connectivity index (χ3v) is 5.46. The molecule has 22 heavy (non-hydrogen) atoms. The van der Waals surface area contributed by atoms with E-state index in [0.29, 0.717) is 0 Å². The maximum atomic E-state index is 5.80. The summed E-state index contributed by atoms with van der Waals surface area (Å²) in [4.78, 5) is 0. The van der Waals surface area contributed by atoms with Gasteiger partial charge in [0.25, 0.3) is 0 Å². The molecule has 2 heteroatoms. The Morgan fingerprint density at radius 1 is 0.636 bits per heavy atom. The van der Waals surface area contributed by atoms with Crippen molar-refractivity contribution in [2.45, 2.75) is 122 Å². The minimum atomic E-state index is 0.228. The van der Waals surface area contributed by atoms with Crippen molar-refractivity contribution in [3.63, 3.8) is 0 Å². The van der Waals surface area contributed by atoms with E-state index >= 15 is 0 Å². The van der Waals surface area contributed by atoms with Crippen molar-refractivity contribution in [2.24, 2.45) is 0 Å². The van der Waals surface area contributed by atoms with Gasteiger partial charge in [-0.2, -0.15) is 0 Å². The molecule has 0 aliphatic heterocycles. The molecule has 0 aromatic heterocycles. The van der Waals surface area contributed by atoms with Gasteiger partial charge in [-0.1, -0.05) is 96.8 Å². The van der Waals surface area contributed by atoms with Gasteiger partial charge in [-0.05, 0) is 20.3 Å². The van der Waals surface area contributed by atoms with Gasteiger partial charge in [0.15, 0.2) is 0 Å². The summed E-state index contributed by atoms with van der Waals surface area (Å²) in [6, 6.07) is 0. The minimum absolute atomic E-state index is 0.228. The van der Waals surface area contributed by atoms with E-state index in [2.05, 4.69) is 20.8 Å². The predicted octanol–water partition coefficient (Wildman–Crippen LogP) is 5.98. The molecular formula is C20H44OSi.